The van der Waals surface area contributed by atoms with Crippen LogP contribution in [0.5, 0.6) is 0 Å². The molecule has 290 valence electrons. The Morgan fingerprint density at radius 1 is 0.836 bits per heavy atom. The number of rotatable bonds is 6. The molecule has 2 aliphatic rings. The van der Waals surface area contributed by atoms with Crippen molar-refractivity contribution in [1.82, 2.24) is 25.2 Å². The molecule has 0 atom stereocenters. The van der Waals surface area contributed by atoms with Crippen LogP contribution in [0.1, 0.15) is 36.0 Å². The average Bonchev–Trinajstić information content (AvgIpc) is 3.15. The summed E-state index contributed by atoms with van der Waals surface area (Å²) in [5, 5.41) is 13.0. The summed E-state index contributed by atoms with van der Waals surface area (Å²) in [7, 11) is 0. The van der Waals surface area contributed by atoms with Crippen molar-refractivity contribution in [2.75, 3.05) is 29.0 Å². The van der Waals surface area contributed by atoms with E-state index in [1.165, 1.54) is 0 Å². The fourth-order valence-electron chi connectivity index (χ4n) is 5.70. The molecule has 2 aromatic heterocycles. The number of likely N-dealkylation sites (tertiary alicyclic amines) is 1. The highest BCUT2D eigenvalue weighted by atomic mass is 35.5. The predicted molar refractivity (Wildman–Crippen MR) is 190 cm³/mol. The van der Waals surface area contributed by atoms with Gasteiger partial charge >= 0.3 is 30.0 Å². The van der Waals surface area contributed by atoms with Crippen molar-refractivity contribution >= 4 is 63.9 Å². The number of urea groups is 1. The number of aryl methyl sites for hydroxylation is 2. The highest BCUT2D eigenvalue weighted by Crippen LogP contribution is 2.30. The third-order valence-electron chi connectivity index (χ3n) is 8.50. The standard InChI is InChI=1S/C32H33ClN8O2.C4F6O2/c33-27-20-35-31-38-26-14-23(17-34-19-26)6-7-24-16-25(37-30(27)40-31)8-9-28(24)39-29(42)15-21-10-12-41(13-11-21)32(43)36-18-22-4-2-1-3-5-22;5-3(6,7)1(11)2(12)4(8,9)10/h1-5,8-9,14,16-17,19-21H,6-7,10-13,15,18H2,(H,36,43)(H,39,42)(H2,35,37,38,40);. The molecule has 2 aromatic carbocycles. The van der Waals surface area contributed by atoms with Crippen molar-refractivity contribution in [3.05, 3.63) is 94.9 Å². The van der Waals surface area contributed by atoms with Gasteiger partial charge in [0.25, 0.3) is 0 Å². The molecule has 0 aliphatic carbocycles. The van der Waals surface area contributed by atoms with Gasteiger partial charge in [0.2, 0.25) is 11.9 Å². The molecule has 0 saturated carbocycles. The SMILES string of the molecule is O=C(C(=O)C(F)(F)F)C(F)(F)F.O=C(CC1CCN(C(=O)NCc2ccccc2)CC1)Nc1ccc2cc1CCc1cncc(c1)Nc1ncc(Cl)c(n1)N2. The van der Waals surface area contributed by atoms with E-state index in [1.807, 2.05) is 65.7 Å². The van der Waals surface area contributed by atoms with Crippen LogP contribution in [0.25, 0.3) is 0 Å². The van der Waals surface area contributed by atoms with E-state index in [4.69, 9.17) is 11.6 Å². The Labute approximate surface area is 315 Å². The summed E-state index contributed by atoms with van der Waals surface area (Å²) in [6.45, 7) is 1.78. The molecule has 19 heteroatoms. The Morgan fingerprint density at radius 3 is 2.20 bits per heavy atom. The molecule has 4 N–H and O–H groups in total. The van der Waals surface area contributed by atoms with Gasteiger partial charge in [-0.1, -0.05) is 41.9 Å². The first-order valence-corrected chi connectivity index (χ1v) is 17.2. The number of hydrogen-bond acceptors (Lipinski definition) is 9. The largest absolute Gasteiger partial charge is 0.458 e. The van der Waals surface area contributed by atoms with Gasteiger partial charge in [0.1, 0.15) is 5.02 Å². The van der Waals surface area contributed by atoms with Gasteiger partial charge in [-0.3, -0.25) is 19.4 Å². The van der Waals surface area contributed by atoms with Gasteiger partial charge in [0.05, 0.1) is 18.1 Å². The van der Waals surface area contributed by atoms with E-state index in [2.05, 4.69) is 36.2 Å². The minimum Gasteiger partial charge on any atom is -0.339 e. The zero-order valence-corrected chi connectivity index (χ0v) is 29.5. The molecular formula is C36H33ClF6N8O4. The number of Topliss-reactive ketones (excluding diaryl/α,β-unsaturated/α-hetero) is 2. The third kappa shape index (κ3) is 11.6. The summed E-state index contributed by atoms with van der Waals surface area (Å²) >= 11 is 6.38. The maximum absolute atomic E-state index is 13.2. The van der Waals surface area contributed by atoms with Crippen molar-refractivity contribution < 1.29 is 45.5 Å². The molecule has 4 aromatic rings. The van der Waals surface area contributed by atoms with Crippen LogP contribution < -0.4 is 21.3 Å². The number of hydrogen-bond donors (Lipinski definition) is 4. The van der Waals surface area contributed by atoms with E-state index in [0.717, 1.165) is 53.0 Å². The summed E-state index contributed by atoms with van der Waals surface area (Å²) in [6.07, 6.45) is -3.00. The van der Waals surface area contributed by atoms with Crippen LogP contribution in [0.3, 0.4) is 0 Å². The highest BCUT2D eigenvalue weighted by Gasteiger charge is 2.54. The number of carbonyl (C=O) groups is 4. The monoisotopic (exact) mass is 790 g/mol. The summed E-state index contributed by atoms with van der Waals surface area (Å²) in [6, 6.07) is 17.7. The number of nitrogens with one attached hydrogen (secondary N) is 4. The molecule has 6 rings (SSSR count). The van der Waals surface area contributed by atoms with Crippen LogP contribution in [0.15, 0.2) is 73.2 Å². The van der Waals surface area contributed by atoms with Crippen LogP contribution in [0.4, 0.5) is 60.0 Å². The van der Waals surface area contributed by atoms with Crippen molar-refractivity contribution in [2.24, 2.45) is 5.92 Å². The van der Waals surface area contributed by atoms with E-state index in [-0.39, 0.29) is 17.9 Å². The predicted octanol–water partition coefficient (Wildman–Crippen LogP) is 7.31. The lowest BCUT2D eigenvalue weighted by Crippen LogP contribution is -2.44. The number of ketones is 2. The molecule has 4 heterocycles. The maximum Gasteiger partial charge on any atom is 0.458 e. The quantitative estimate of drug-likeness (QED) is 0.116. The lowest BCUT2D eigenvalue weighted by atomic mass is 9.93. The van der Waals surface area contributed by atoms with Gasteiger partial charge in [-0.15, -0.1) is 0 Å². The van der Waals surface area contributed by atoms with Crippen LogP contribution in [0, 0.1) is 5.92 Å². The minimum absolute atomic E-state index is 0.0248. The molecular weight excluding hydrogens is 758 g/mol. The van der Waals surface area contributed by atoms with Crippen LogP contribution in [0.2, 0.25) is 5.02 Å². The number of benzene rings is 2. The fraction of sp³-hybridized carbons (Fsp3) is 0.306. The Morgan fingerprint density at radius 2 is 1.53 bits per heavy atom. The molecule has 0 spiro atoms. The second-order valence-corrected chi connectivity index (χ2v) is 13.0. The number of halogens is 7. The number of anilines is 5. The summed E-state index contributed by atoms with van der Waals surface area (Å²) in [5.74, 6) is -5.73. The van der Waals surface area contributed by atoms with Gasteiger partial charge in [-0.2, -0.15) is 31.3 Å². The first-order chi connectivity index (χ1) is 26.0. The smallest absolute Gasteiger partial charge is 0.339 e. The van der Waals surface area contributed by atoms with Crippen molar-refractivity contribution in [2.45, 2.75) is 51.0 Å². The van der Waals surface area contributed by atoms with Gasteiger partial charge in [-0.05, 0) is 72.6 Å². The normalized spacial score (nSPS) is 14.3. The van der Waals surface area contributed by atoms with Gasteiger partial charge in [-0.25, -0.2) is 9.78 Å². The van der Waals surface area contributed by atoms with Gasteiger partial charge in [0, 0.05) is 43.6 Å². The molecule has 0 radical (unpaired) electrons. The van der Waals surface area contributed by atoms with Crippen molar-refractivity contribution in [3.8, 4) is 0 Å². The number of alkyl halides is 6. The lowest BCUT2D eigenvalue weighted by Gasteiger charge is -2.31. The van der Waals surface area contributed by atoms with Crippen LogP contribution in [-0.2, 0) is 33.8 Å². The highest BCUT2D eigenvalue weighted by molar-refractivity contribution is 6.41. The minimum atomic E-state index is -5.77. The van der Waals surface area contributed by atoms with Gasteiger partial charge in [0.15, 0.2) is 5.82 Å². The van der Waals surface area contributed by atoms with E-state index in [9.17, 15) is 45.5 Å². The number of carbonyl (C=O) groups excluding carboxylic acids is 4. The molecule has 1 fully saturated rings. The summed E-state index contributed by atoms with van der Waals surface area (Å²) in [4.78, 5) is 60.1. The number of piperidine rings is 1. The summed E-state index contributed by atoms with van der Waals surface area (Å²) in [5.41, 5.74) is 5.48. The van der Waals surface area contributed by atoms with E-state index in [1.54, 1.807) is 12.4 Å². The van der Waals surface area contributed by atoms with Gasteiger partial charge < -0.3 is 26.2 Å². The Hall–Kier alpha value is -5.78. The fourth-order valence-corrected chi connectivity index (χ4v) is 5.84. The molecule has 12 nitrogen and oxygen atoms in total. The van der Waals surface area contributed by atoms with E-state index >= 15 is 0 Å². The zero-order chi connectivity index (χ0) is 39.8. The van der Waals surface area contributed by atoms with E-state index in [0.29, 0.717) is 49.3 Å². The molecule has 0 unspecified atom stereocenters. The molecule has 6 bridgehead atoms. The first-order valence-electron chi connectivity index (χ1n) is 16.8. The Kier molecular flexibility index (Phi) is 12.9. The number of fused-ring (bicyclic) bond motifs is 6. The molecule has 2 aliphatic heterocycles. The molecule has 1 saturated heterocycles. The number of amides is 3. The van der Waals surface area contributed by atoms with Crippen molar-refractivity contribution in [3.63, 3.8) is 0 Å². The molecule has 3 amide bonds. The first kappa shape index (κ1) is 40.4. The van der Waals surface area contributed by atoms with E-state index < -0.39 is 23.9 Å². The third-order valence-corrected chi connectivity index (χ3v) is 8.78. The van der Waals surface area contributed by atoms with Crippen molar-refractivity contribution in [1.29, 1.82) is 0 Å². The van der Waals surface area contributed by atoms with Crippen LogP contribution >= 0.6 is 11.6 Å². The topological polar surface area (TPSA) is 158 Å². The number of nitrogens with zero attached hydrogens (tertiary/aromatic N) is 4. The second kappa shape index (κ2) is 17.6. The zero-order valence-electron chi connectivity index (χ0n) is 28.7. The number of pyridine rings is 1. The lowest BCUT2D eigenvalue weighted by molar-refractivity contribution is -0.193. The Bertz CT molecular complexity index is 2000. The Balaban J connectivity index is 0.000000418. The average molecular weight is 791 g/mol. The maximum atomic E-state index is 13.2. The van der Waals surface area contributed by atoms with Crippen LogP contribution in [-0.4, -0.2) is 68.8 Å². The summed E-state index contributed by atoms with van der Waals surface area (Å²) < 4.78 is 67.0. The number of aromatic nitrogens is 3. The molecule has 55 heavy (non-hydrogen) atoms. The second-order valence-electron chi connectivity index (χ2n) is 12.6.